The summed E-state index contributed by atoms with van der Waals surface area (Å²) in [7, 11) is 0. The van der Waals surface area contributed by atoms with Crippen LogP contribution < -0.4 is 11.3 Å². The zero-order chi connectivity index (χ0) is 24.8. The lowest BCUT2D eigenvalue weighted by molar-refractivity contribution is -0.117. The van der Waals surface area contributed by atoms with Gasteiger partial charge in [0.25, 0.3) is 5.56 Å². The molecule has 0 atom stereocenters. The lowest BCUT2D eigenvalue weighted by atomic mass is 9.98. The van der Waals surface area contributed by atoms with Crippen molar-refractivity contribution in [3.63, 3.8) is 0 Å². The van der Waals surface area contributed by atoms with Crippen molar-refractivity contribution in [3.8, 4) is 22.5 Å². The number of primary amides is 1. The number of nitrogens with two attached hydrogens (primary N) is 1. The van der Waals surface area contributed by atoms with Gasteiger partial charge in [-0.15, -0.1) is 10.2 Å². The molecule has 0 aliphatic heterocycles. The van der Waals surface area contributed by atoms with E-state index in [1.807, 2.05) is 55.5 Å². The lowest BCUT2D eigenvalue weighted by Gasteiger charge is -2.16. The Morgan fingerprint density at radius 2 is 1.80 bits per heavy atom. The van der Waals surface area contributed by atoms with Gasteiger partial charge >= 0.3 is 0 Å². The Hall–Kier alpha value is -4.14. The third kappa shape index (κ3) is 5.51. The molecule has 4 aromatic rings. The first kappa shape index (κ1) is 24.0. The van der Waals surface area contributed by atoms with Crippen LogP contribution in [0.5, 0.6) is 0 Å². The van der Waals surface area contributed by atoms with Crippen LogP contribution in [0.1, 0.15) is 48.8 Å². The summed E-state index contributed by atoms with van der Waals surface area (Å²) in [5, 5.41) is 14.4. The summed E-state index contributed by atoms with van der Waals surface area (Å²) in [6.07, 6.45) is 3.09. The molecule has 0 bridgehead atoms. The Labute approximate surface area is 203 Å². The highest BCUT2D eigenvalue weighted by Crippen LogP contribution is 2.29. The van der Waals surface area contributed by atoms with Crippen molar-refractivity contribution in [2.75, 3.05) is 0 Å². The molecule has 0 aliphatic rings. The van der Waals surface area contributed by atoms with Gasteiger partial charge < -0.3 is 5.73 Å². The third-order valence-corrected chi connectivity index (χ3v) is 6.04. The van der Waals surface area contributed by atoms with E-state index in [0.29, 0.717) is 30.0 Å². The highest BCUT2D eigenvalue weighted by molar-refractivity contribution is 5.80. The van der Waals surface area contributed by atoms with Gasteiger partial charge in [-0.25, -0.2) is 4.98 Å². The summed E-state index contributed by atoms with van der Waals surface area (Å²) < 4.78 is 1.74. The maximum Gasteiger partial charge on any atom is 0.257 e. The second-order valence-electron chi connectivity index (χ2n) is 8.53. The summed E-state index contributed by atoms with van der Waals surface area (Å²) in [4.78, 5) is 29.4. The fourth-order valence-electron chi connectivity index (χ4n) is 4.16. The second-order valence-corrected chi connectivity index (χ2v) is 8.53. The number of nitrogens with zero attached hydrogens (tertiary/aromatic N) is 5. The zero-order valence-electron chi connectivity index (χ0n) is 20.0. The van der Waals surface area contributed by atoms with Gasteiger partial charge in [0.2, 0.25) is 11.7 Å². The van der Waals surface area contributed by atoms with Crippen molar-refractivity contribution in [1.29, 1.82) is 0 Å². The minimum Gasteiger partial charge on any atom is -0.370 e. The number of carbonyl (C=O) groups excluding carboxylic acids is 1. The maximum atomic E-state index is 13.4. The van der Waals surface area contributed by atoms with Crippen LogP contribution in [0.25, 0.3) is 22.5 Å². The molecule has 9 nitrogen and oxygen atoms in total. The fraction of sp³-hybridized carbons (Fsp3) is 0.308. The van der Waals surface area contributed by atoms with Crippen LogP contribution in [-0.4, -0.2) is 36.1 Å². The number of tetrazole rings is 1. The van der Waals surface area contributed by atoms with Crippen molar-refractivity contribution < 1.29 is 4.79 Å². The Balaban J connectivity index is 1.66. The van der Waals surface area contributed by atoms with E-state index in [4.69, 9.17) is 10.7 Å². The molecule has 35 heavy (non-hydrogen) atoms. The molecule has 0 spiro atoms. The van der Waals surface area contributed by atoms with Gasteiger partial charge in [-0.1, -0.05) is 61.9 Å². The second kappa shape index (κ2) is 10.9. The van der Waals surface area contributed by atoms with E-state index in [1.54, 1.807) is 4.57 Å². The number of H-pyrrole nitrogens is 1. The Morgan fingerprint density at radius 1 is 1.06 bits per heavy atom. The SMILES string of the molecule is CCCCc1nc(C)c(CCC(N)=O)c(=O)n1Cc1ccc(-c2ccccc2-c2nn[nH]n2)cc1. The summed E-state index contributed by atoms with van der Waals surface area (Å²) in [5.74, 6) is 0.872. The Morgan fingerprint density at radius 3 is 2.46 bits per heavy atom. The largest absolute Gasteiger partial charge is 0.370 e. The Kier molecular flexibility index (Phi) is 7.45. The molecule has 4 rings (SSSR count). The van der Waals surface area contributed by atoms with Crippen LogP contribution in [-0.2, 0) is 24.2 Å². The lowest BCUT2D eigenvalue weighted by Crippen LogP contribution is -2.31. The first-order valence-corrected chi connectivity index (χ1v) is 11.8. The molecule has 0 radical (unpaired) electrons. The van der Waals surface area contributed by atoms with Crippen LogP contribution in [0.3, 0.4) is 0 Å². The van der Waals surface area contributed by atoms with Crippen molar-refractivity contribution in [1.82, 2.24) is 30.2 Å². The number of hydrogen-bond acceptors (Lipinski definition) is 6. The third-order valence-electron chi connectivity index (χ3n) is 6.04. The minimum absolute atomic E-state index is 0.101. The summed E-state index contributed by atoms with van der Waals surface area (Å²) in [6.45, 7) is 4.34. The minimum atomic E-state index is -0.429. The average Bonchev–Trinajstić information content (AvgIpc) is 3.40. The average molecular weight is 472 g/mol. The number of unbranched alkanes of at least 4 members (excludes halogenated alkanes) is 1. The molecule has 3 N–H and O–H groups in total. The molecular weight excluding hydrogens is 442 g/mol. The highest BCUT2D eigenvalue weighted by atomic mass is 16.1. The standard InChI is InChI=1S/C26H29N7O2/c1-3-4-9-24-28-17(2)20(14-15-23(27)34)26(35)33(24)16-18-10-12-19(13-11-18)21-7-5-6-8-22(21)25-29-31-32-30-25/h5-8,10-13H,3-4,9,14-16H2,1-2H3,(H2,27,34)(H,29,30,31,32). The quantitative estimate of drug-likeness (QED) is 0.365. The monoisotopic (exact) mass is 471 g/mol. The van der Waals surface area contributed by atoms with Gasteiger partial charge in [-0.2, -0.15) is 5.21 Å². The number of aryl methyl sites for hydroxylation is 2. The van der Waals surface area contributed by atoms with E-state index >= 15 is 0 Å². The first-order valence-electron chi connectivity index (χ1n) is 11.8. The number of aromatic amines is 1. The normalized spacial score (nSPS) is 11.0. The molecule has 0 saturated carbocycles. The maximum absolute atomic E-state index is 13.4. The van der Waals surface area contributed by atoms with Gasteiger partial charge in [-0.05, 0) is 41.7 Å². The smallest absolute Gasteiger partial charge is 0.257 e. The van der Waals surface area contributed by atoms with Crippen molar-refractivity contribution in [3.05, 3.63) is 81.5 Å². The van der Waals surface area contributed by atoms with Crippen LogP contribution in [0, 0.1) is 6.92 Å². The molecule has 0 aliphatic carbocycles. The molecule has 9 heteroatoms. The number of benzene rings is 2. The van der Waals surface area contributed by atoms with Crippen molar-refractivity contribution >= 4 is 5.91 Å². The molecule has 2 heterocycles. The summed E-state index contributed by atoms with van der Waals surface area (Å²) in [5.41, 5.74) is 10.3. The fourth-order valence-corrected chi connectivity index (χ4v) is 4.16. The number of amides is 1. The van der Waals surface area contributed by atoms with E-state index in [1.165, 1.54) is 0 Å². The van der Waals surface area contributed by atoms with Gasteiger partial charge in [0.1, 0.15) is 5.82 Å². The van der Waals surface area contributed by atoms with Crippen LogP contribution >= 0.6 is 0 Å². The highest BCUT2D eigenvalue weighted by Gasteiger charge is 2.16. The van der Waals surface area contributed by atoms with E-state index in [0.717, 1.165) is 47.3 Å². The van der Waals surface area contributed by atoms with Crippen LogP contribution in [0.15, 0.2) is 53.3 Å². The molecular formula is C26H29N7O2. The molecule has 0 fully saturated rings. The van der Waals surface area contributed by atoms with Gasteiger partial charge in [-0.3, -0.25) is 14.2 Å². The Bertz CT molecular complexity index is 1360. The van der Waals surface area contributed by atoms with E-state index in [-0.39, 0.29) is 12.0 Å². The number of hydrogen-bond donors (Lipinski definition) is 2. The molecule has 180 valence electrons. The zero-order valence-corrected chi connectivity index (χ0v) is 20.0. The van der Waals surface area contributed by atoms with Gasteiger partial charge in [0, 0.05) is 29.7 Å². The van der Waals surface area contributed by atoms with Gasteiger partial charge in [0.15, 0.2) is 0 Å². The van der Waals surface area contributed by atoms with E-state index < -0.39 is 5.91 Å². The van der Waals surface area contributed by atoms with Crippen LogP contribution in [0.4, 0.5) is 0 Å². The number of aromatic nitrogens is 6. The summed E-state index contributed by atoms with van der Waals surface area (Å²) in [6, 6.07) is 16.0. The number of rotatable bonds is 10. The molecule has 0 unspecified atom stereocenters. The van der Waals surface area contributed by atoms with Crippen LogP contribution in [0.2, 0.25) is 0 Å². The van der Waals surface area contributed by atoms with Gasteiger partial charge in [0.05, 0.1) is 6.54 Å². The topological polar surface area (TPSA) is 132 Å². The summed E-state index contributed by atoms with van der Waals surface area (Å²) >= 11 is 0. The van der Waals surface area contributed by atoms with E-state index in [9.17, 15) is 9.59 Å². The predicted octanol–water partition coefficient (Wildman–Crippen LogP) is 3.21. The van der Waals surface area contributed by atoms with Crippen molar-refractivity contribution in [2.45, 2.75) is 52.5 Å². The molecule has 0 saturated heterocycles. The molecule has 2 aromatic heterocycles. The number of nitrogens with one attached hydrogen (secondary N) is 1. The predicted molar refractivity (Wildman–Crippen MR) is 134 cm³/mol. The first-order chi connectivity index (χ1) is 17.0. The van der Waals surface area contributed by atoms with Crippen molar-refractivity contribution in [2.24, 2.45) is 5.73 Å². The van der Waals surface area contributed by atoms with E-state index in [2.05, 4.69) is 27.5 Å². The molecule has 2 aromatic carbocycles. The molecule has 1 amide bonds. The number of carbonyl (C=O) groups is 1.